The molecule has 0 saturated carbocycles. The molecule has 1 N–H and O–H groups in total. The minimum absolute atomic E-state index is 0.0227. The van der Waals surface area contributed by atoms with E-state index in [1.807, 2.05) is 4.90 Å². The number of nitrogens with zero attached hydrogens (tertiary/aromatic N) is 3. The highest BCUT2D eigenvalue weighted by Gasteiger charge is 2.24. The molecule has 1 aliphatic heterocycles. The molecule has 1 saturated heterocycles. The Balaban J connectivity index is 1.42. The first-order valence-corrected chi connectivity index (χ1v) is 11.5. The van der Waals surface area contributed by atoms with Crippen LogP contribution in [0.5, 0.6) is 0 Å². The number of nitro groups is 1. The normalized spacial score (nSPS) is 14.0. The zero-order valence-electron chi connectivity index (χ0n) is 18.2. The molecular formula is C22H19F3N4O5S. The fraction of sp³-hybridized carbons (Fsp3) is 0.318. The quantitative estimate of drug-likeness (QED) is 0.220. The molecule has 184 valence electrons. The minimum atomic E-state index is -1.68. The summed E-state index contributed by atoms with van der Waals surface area (Å²) in [5.41, 5.74) is -0.363. The topological polar surface area (TPSA) is 115 Å². The Morgan fingerprint density at radius 2 is 1.83 bits per heavy atom. The summed E-state index contributed by atoms with van der Waals surface area (Å²) in [6.07, 6.45) is 3.94. The van der Waals surface area contributed by atoms with Gasteiger partial charge in [0.2, 0.25) is 0 Å². The molecule has 3 aromatic rings. The summed E-state index contributed by atoms with van der Waals surface area (Å²) >= 11 is 0.705. The van der Waals surface area contributed by atoms with Crippen LogP contribution in [-0.2, 0) is 9.53 Å². The van der Waals surface area contributed by atoms with Crippen molar-refractivity contribution in [1.82, 2.24) is 4.98 Å². The van der Waals surface area contributed by atoms with E-state index in [4.69, 9.17) is 4.74 Å². The van der Waals surface area contributed by atoms with Crippen molar-refractivity contribution in [1.29, 1.82) is 0 Å². The molecule has 9 nitrogen and oxygen atoms in total. The summed E-state index contributed by atoms with van der Waals surface area (Å²) in [5.74, 6) is -6.33. The molecule has 1 amide bonds. The zero-order valence-corrected chi connectivity index (χ0v) is 19.0. The number of rotatable bonds is 6. The van der Waals surface area contributed by atoms with E-state index in [1.54, 1.807) is 0 Å². The van der Waals surface area contributed by atoms with Crippen LogP contribution >= 0.6 is 11.3 Å². The number of hydrogen-bond donors (Lipinski definition) is 1. The predicted molar refractivity (Wildman–Crippen MR) is 122 cm³/mol. The lowest BCUT2D eigenvalue weighted by Gasteiger charge is -2.22. The van der Waals surface area contributed by atoms with Crippen LogP contribution in [0.1, 0.15) is 36.0 Å². The number of aromatic nitrogens is 1. The van der Waals surface area contributed by atoms with E-state index in [0.29, 0.717) is 30.1 Å². The van der Waals surface area contributed by atoms with Gasteiger partial charge in [-0.05, 0) is 31.0 Å². The average molecular weight is 508 g/mol. The number of fused-ring (bicyclic) bond motifs is 1. The number of thiazole rings is 1. The number of nitrogens with one attached hydrogen (secondary N) is 1. The van der Waals surface area contributed by atoms with Gasteiger partial charge in [-0.1, -0.05) is 24.2 Å². The lowest BCUT2D eigenvalue weighted by Crippen LogP contribution is -2.25. The second kappa shape index (κ2) is 10.3. The summed E-state index contributed by atoms with van der Waals surface area (Å²) in [5, 5.41) is 13.7. The molecule has 1 aliphatic rings. The number of hydrogen-bond acceptors (Lipinski definition) is 8. The molecule has 13 heteroatoms. The predicted octanol–water partition coefficient (Wildman–Crippen LogP) is 4.80. The summed E-state index contributed by atoms with van der Waals surface area (Å²) in [4.78, 5) is 41.2. The van der Waals surface area contributed by atoms with Gasteiger partial charge in [-0.15, -0.1) is 0 Å². The van der Waals surface area contributed by atoms with Crippen molar-refractivity contribution in [3.05, 3.63) is 57.4 Å². The minimum Gasteiger partial charge on any atom is -0.452 e. The van der Waals surface area contributed by atoms with Crippen LogP contribution in [0.25, 0.3) is 10.2 Å². The smallest absolute Gasteiger partial charge is 0.338 e. The molecule has 35 heavy (non-hydrogen) atoms. The van der Waals surface area contributed by atoms with Gasteiger partial charge in [0.05, 0.1) is 15.2 Å². The molecule has 0 spiro atoms. The van der Waals surface area contributed by atoms with Gasteiger partial charge in [-0.2, -0.15) is 0 Å². The van der Waals surface area contributed by atoms with Crippen molar-refractivity contribution in [2.75, 3.05) is 29.9 Å². The highest BCUT2D eigenvalue weighted by Crippen LogP contribution is 2.32. The van der Waals surface area contributed by atoms with Crippen molar-refractivity contribution in [3.8, 4) is 0 Å². The maximum absolute atomic E-state index is 13.8. The molecule has 1 aromatic heterocycles. The molecule has 0 bridgehead atoms. The number of ether oxygens (including phenoxy) is 1. The van der Waals surface area contributed by atoms with Crippen LogP contribution in [0.15, 0.2) is 24.3 Å². The van der Waals surface area contributed by atoms with E-state index in [0.717, 1.165) is 37.8 Å². The molecule has 0 atom stereocenters. The number of halogens is 3. The Kier molecular flexibility index (Phi) is 7.15. The lowest BCUT2D eigenvalue weighted by atomic mass is 10.1. The van der Waals surface area contributed by atoms with Crippen molar-refractivity contribution < 1.29 is 32.4 Å². The van der Waals surface area contributed by atoms with Gasteiger partial charge in [-0.3, -0.25) is 20.2 Å². The first-order valence-electron chi connectivity index (χ1n) is 10.7. The molecular weight excluding hydrogens is 489 g/mol. The van der Waals surface area contributed by atoms with Crippen LogP contribution in [0.4, 0.5) is 29.7 Å². The largest absolute Gasteiger partial charge is 0.452 e. The van der Waals surface area contributed by atoms with Crippen LogP contribution in [0.2, 0.25) is 0 Å². The highest BCUT2D eigenvalue weighted by atomic mass is 32.1. The lowest BCUT2D eigenvalue weighted by molar-refractivity contribution is -0.384. The maximum atomic E-state index is 13.8. The first kappa shape index (κ1) is 24.4. The van der Waals surface area contributed by atoms with E-state index in [1.165, 1.54) is 12.1 Å². The van der Waals surface area contributed by atoms with E-state index in [9.17, 15) is 32.9 Å². The van der Waals surface area contributed by atoms with E-state index >= 15 is 0 Å². The van der Waals surface area contributed by atoms with Crippen LogP contribution in [0, 0.1) is 27.6 Å². The number of amides is 1. The monoisotopic (exact) mass is 508 g/mol. The number of benzene rings is 2. The molecule has 0 unspecified atom stereocenters. The highest BCUT2D eigenvalue weighted by molar-refractivity contribution is 7.22. The van der Waals surface area contributed by atoms with Gasteiger partial charge < -0.3 is 9.64 Å². The van der Waals surface area contributed by atoms with Gasteiger partial charge >= 0.3 is 5.97 Å². The Morgan fingerprint density at radius 3 is 2.51 bits per heavy atom. The number of nitro benzene ring substituents is 1. The Bertz CT molecular complexity index is 1310. The summed E-state index contributed by atoms with van der Waals surface area (Å²) in [6, 6.07) is 4.75. The maximum Gasteiger partial charge on any atom is 0.338 e. The van der Waals surface area contributed by atoms with Gasteiger partial charge in [0.15, 0.2) is 29.2 Å². The Labute approximate surface area is 200 Å². The van der Waals surface area contributed by atoms with Crippen molar-refractivity contribution in [2.24, 2.45) is 0 Å². The van der Waals surface area contributed by atoms with Gasteiger partial charge in [0.25, 0.3) is 11.6 Å². The number of esters is 1. The summed E-state index contributed by atoms with van der Waals surface area (Å²) in [7, 11) is 0. The molecule has 2 heterocycles. The van der Waals surface area contributed by atoms with E-state index in [-0.39, 0.29) is 21.1 Å². The third-order valence-electron chi connectivity index (χ3n) is 5.46. The second-order valence-electron chi connectivity index (χ2n) is 7.84. The molecule has 0 radical (unpaired) electrons. The molecule has 0 aliphatic carbocycles. The van der Waals surface area contributed by atoms with E-state index < -0.39 is 46.4 Å². The van der Waals surface area contributed by atoms with Gasteiger partial charge in [-0.25, -0.2) is 22.9 Å². The molecule has 4 rings (SSSR count). The SMILES string of the molecule is O=C(COC(=O)c1ccc(N2CCCCCC2)c([N+](=O)[O-])c1)Nc1nc2c(F)c(F)c(F)cc2s1. The number of carbonyl (C=O) groups excluding carboxylic acids is 2. The van der Waals surface area contributed by atoms with E-state index in [2.05, 4.69) is 10.3 Å². The Hall–Kier alpha value is -3.74. The van der Waals surface area contributed by atoms with Gasteiger partial charge in [0.1, 0.15) is 11.2 Å². The van der Waals surface area contributed by atoms with Gasteiger partial charge in [0, 0.05) is 19.2 Å². The fourth-order valence-corrected chi connectivity index (χ4v) is 4.68. The first-order chi connectivity index (χ1) is 16.7. The molecule has 1 fully saturated rings. The van der Waals surface area contributed by atoms with Crippen LogP contribution in [0.3, 0.4) is 0 Å². The van der Waals surface area contributed by atoms with Crippen molar-refractivity contribution >= 4 is 49.9 Å². The van der Waals surface area contributed by atoms with Crippen LogP contribution in [-0.4, -0.2) is 41.5 Å². The second-order valence-corrected chi connectivity index (χ2v) is 8.87. The Morgan fingerprint density at radius 1 is 1.11 bits per heavy atom. The standard InChI is InChI=1S/C22H19F3N4O5S/c23-13-10-16-20(19(25)18(13)24)27-22(35-16)26-17(30)11-34-21(31)12-5-6-14(15(9-12)29(32)33)28-7-3-1-2-4-8-28/h5-6,9-10H,1-4,7-8,11H2,(H,26,27,30). The number of anilines is 2. The van der Waals surface area contributed by atoms with Crippen molar-refractivity contribution in [2.45, 2.75) is 25.7 Å². The average Bonchev–Trinajstić information content (AvgIpc) is 3.04. The van der Waals surface area contributed by atoms with Crippen molar-refractivity contribution in [3.63, 3.8) is 0 Å². The third-order valence-corrected chi connectivity index (χ3v) is 6.37. The fourth-order valence-electron chi connectivity index (χ4n) is 3.77. The number of carbonyl (C=O) groups is 2. The zero-order chi connectivity index (χ0) is 25.1. The summed E-state index contributed by atoms with van der Waals surface area (Å²) < 4.78 is 45.4. The summed E-state index contributed by atoms with van der Waals surface area (Å²) in [6.45, 7) is 0.598. The van der Waals surface area contributed by atoms with Crippen LogP contribution < -0.4 is 10.2 Å². The third kappa shape index (κ3) is 5.34. The molecule has 2 aromatic carbocycles.